The van der Waals surface area contributed by atoms with E-state index in [-0.39, 0.29) is 11.7 Å². The molecule has 0 saturated heterocycles. The molecule has 0 radical (unpaired) electrons. The molecule has 0 spiro atoms. The van der Waals surface area contributed by atoms with Crippen LogP contribution in [0.1, 0.15) is 11.1 Å². The lowest BCUT2D eigenvalue weighted by atomic mass is 10.2. The highest BCUT2D eigenvalue weighted by Crippen LogP contribution is 2.30. The van der Waals surface area contributed by atoms with Crippen LogP contribution >= 0.6 is 11.6 Å². The molecule has 2 rings (SSSR count). The van der Waals surface area contributed by atoms with E-state index >= 15 is 0 Å². The summed E-state index contributed by atoms with van der Waals surface area (Å²) < 4.78 is 5.63. The number of pyridine rings is 1. The van der Waals surface area contributed by atoms with Crippen LogP contribution in [0.4, 0.5) is 0 Å². The summed E-state index contributed by atoms with van der Waals surface area (Å²) in [5.41, 5.74) is 6.96. The average Bonchev–Trinajstić information content (AvgIpc) is 2.42. The molecule has 0 aliphatic carbocycles. The van der Waals surface area contributed by atoms with Gasteiger partial charge in [0.05, 0.1) is 10.6 Å². The van der Waals surface area contributed by atoms with Crippen LogP contribution in [0.3, 0.4) is 0 Å². The van der Waals surface area contributed by atoms with Crippen LogP contribution in [0, 0.1) is 6.92 Å². The standard InChI is InChI=1S/C13H12ClN3O2/c1-8-4-5-10(14)11(7-8)19-13-9(12(15)17-18)3-2-6-16-13/h2-7,18H,1H3,(H2,15,17). The fraction of sp³-hybridized carbons (Fsp3) is 0.0769. The zero-order valence-electron chi connectivity index (χ0n) is 10.2. The highest BCUT2D eigenvalue weighted by Gasteiger charge is 2.12. The lowest BCUT2D eigenvalue weighted by Crippen LogP contribution is -2.14. The molecule has 1 aromatic heterocycles. The zero-order valence-corrected chi connectivity index (χ0v) is 10.9. The molecule has 0 aliphatic heterocycles. The van der Waals surface area contributed by atoms with Crippen LogP contribution in [0.25, 0.3) is 0 Å². The number of hydrogen-bond acceptors (Lipinski definition) is 4. The van der Waals surface area contributed by atoms with E-state index in [0.29, 0.717) is 16.3 Å². The first-order chi connectivity index (χ1) is 9.11. The molecule has 0 aliphatic rings. The van der Waals surface area contributed by atoms with Crippen molar-refractivity contribution in [2.24, 2.45) is 10.9 Å². The third kappa shape index (κ3) is 2.95. The van der Waals surface area contributed by atoms with Gasteiger partial charge in [0.1, 0.15) is 5.75 Å². The summed E-state index contributed by atoms with van der Waals surface area (Å²) in [6.07, 6.45) is 1.55. The third-order valence-corrected chi connectivity index (χ3v) is 2.76. The first-order valence-corrected chi connectivity index (χ1v) is 5.86. The molecule has 0 bridgehead atoms. The Bertz CT molecular complexity index is 629. The van der Waals surface area contributed by atoms with Gasteiger partial charge >= 0.3 is 0 Å². The van der Waals surface area contributed by atoms with Gasteiger partial charge in [0, 0.05) is 6.20 Å². The topological polar surface area (TPSA) is 80.7 Å². The first-order valence-electron chi connectivity index (χ1n) is 5.48. The Morgan fingerprint density at radius 1 is 1.42 bits per heavy atom. The summed E-state index contributed by atoms with van der Waals surface area (Å²) >= 11 is 6.05. The van der Waals surface area contributed by atoms with E-state index in [9.17, 15) is 0 Å². The van der Waals surface area contributed by atoms with Crippen molar-refractivity contribution in [1.82, 2.24) is 4.98 Å². The number of oxime groups is 1. The maximum absolute atomic E-state index is 8.73. The number of aryl methyl sites for hydroxylation is 1. The molecule has 6 heteroatoms. The highest BCUT2D eigenvalue weighted by atomic mass is 35.5. The molecule has 0 atom stereocenters. The van der Waals surface area contributed by atoms with E-state index in [4.69, 9.17) is 27.3 Å². The van der Waals surface area contributed by atoms with Gasteiger partial charge in [-0.15, -0.1) is 0 Å². The van der Waals surface area contributed by atoms with Crippen molar-refractivity contribution in [2.45, 2.75) is 6.92 Å². The summed E-state index contributed by atoms with van der Waals surface area (Å²) in [5, 5.41) is 12.1. The predicted octanol–water partition coefficient (Wildman–Crippen LogP) is 2.93. The highest BCUT2D eigenvalue weighted by molar-refractivity contribution is 6.32. The lowest BCUT2D eigenvalue weighted by molar-refractivity contribution is 0.318. The van der Waals surface area contributed by atoms with Crippen molar-refractivity contribution >= 4 is 17.4 Å². The molecular weight excluding hydrogens is 266 g/mol. The number of aromatic nitrogens is 1. The van der Waals surface area contributed by atoms with Crippen molar-refractivity contribution in [1.29, 1.82) is 0 Å². The fourth-order valence-corrected chi connectivity index (χ4v) is 1.67. The molecule has 3 N–H and O–H groups in total. The Hall–Kier alpha value is -2.27. The van der Waals surface area contributed by atoms with Gasteiger partial charge in [-0.3, -0.25) is 0 Å². The van der Waals surface area contributed by atoms with Crippen molar-refractivity contribution in [3.05, 3.63) is 52.7 Å². The Labute approximate surface area is 115 Å². The quantitative estimate of drug-likeness (QED) is 0.391. The number of benzene rings is 1. The van der Waals surface area contributed by atoms with Crippen molar-refractivity contribution in [2.75, 3.05) is 0 Å². The van der Waals surface area contributed by atoms with Crippen molar-refractivity contribution < 1.29 is 9.94 Å². The second kappa shape index (κ2) is 5.58. The molecule has 98 valence electrons. The predicted molar refractivity (Wildman–Crippen MR) is 73.0 cm³/mol. The van der Waals surface area contributed by atoms with Crippen LogP contribution in [0.2, 0.25) is 5.02 Å². The van der Waals surface area contributed by atoms with Gasteiger partial charge in [-0.1, -0.05) is 22.8 Å². The zero-order chi connectivity index (χ0) is 13.8. The second-order valence-corrected chi connectivity index (χ2v) is 4.28. The van der Waals surface area contributed by atoms with Crippen LogP contribution in [-0.4, -0.2) is 16.0 Å². The maximum atomic E-state index is 8.73. The number of hydrogen-bond donors (Lipinski definition) is 2. The van der Waals surface area contributed by atoms with Gasteiger partial charge < -0.3 is 15.7 Å². The van der Waals surface area contributed by atoms with Gasteiger partial charge in [0.25, 0.3) is 0 Å². The number of nitrogens with two attached hydrogens (primary N) is 1. The smallest absolute Gasteiger partial charge is 0.230 e. The van der Waals surface area contributed by atoms with E-state index in [2.05, 4.69) is 10.1 Å². The lowest BCUT2D eigenvalue weighted by Gasteiger charge is -2.10. The number of ether oxygens (including phenoxy) is 1. The molecule has 2 aromatic rings. The Balaban J connectivity index is 2.41. The van der Waals surface area contributed by atoms with Crippen molar-refractivity contribution in [3.63, 3.8) is 0 Å². The summed E-state index contributed by atoms with van der Waals surface area (Å²) in [6.45, 7) is 1.92. The minimum Gasteiger partial charge on any atom is -0.437 e. The largest absolute Gasteiger partial charge is 0.437 e. The minimum absolute atomic E-state index is 0.0770. The SMILES string of the molecule is Cc1ccc(Cl)c(Oc2ncccc2/C(N)=N/O)c1. The van der Waals surface area contributed by atoms with Gasteiger partial charge in [-0.2, -0.15) is 0 Å². The fourth-order valence-electron chi connectivity index (χ4n) is 1.51. The summed E-state index contributed by atoms with van der Waals surface area (Å²) in [5.74, 6) is 0.615. The Kier molecular flexibility index (Phi) is 3.87. The normalized spacial score (nSPS) is 11.4. The number of amidine groups is 1. The summed E-state index contributed by atoms with van der Waals surface area (Å²) in [6, 6.07) is 8.70. The van der Waals surface area contributed by atoms with Crippen LogP contribution in [-0.2, 0) is 0 Å². The van der Waals surface area contributed by atoms with E-state index < -0.39 is 0 Å². The Morgan fingerprint density at radius 3 is 2.95 bits per heavy atom. The van der Waals surface area contributed by atoms with E-state index in [1.165, 1.54) is 0 Å². The summed E-state index contributed by atoms with van der Waals surface area (Å²) in [7, 11) is 0. The number of rotatable bonds is 3. The first kappa shape index (κ1) is 13.2. The van der Waals surface area contributed by atoms with E-state index in [1.54, 1.807) is 30.5 Å². The monoisotopic (exact) mass is 277 g/mol. The minimum atomic E-state index is -0.0770. The second-order valence-electron chi connectivity index (χ2n) is 3.88. The molecule has 1 aromatic carbocycles. The van der Waals surface area contributed by atoms with Gasteiger partial charge in [0.15, 0.2) is 5.84 Å². The Morgan fingerprint density at radius 2 is 2.21 bits per heavy atom. The average molecular weight is 278 g/mol. The number of halogens is 1. The molecule has 5 nitrogen and oxygen atoms in total. The molecule has 19 heavy (non-hydrogen) atoms. The maximum Gasteiger partial charge on any atom is 0.230 e. The molecule has 1 heterocycles. The third-order valence-electron chi connectivity index (χ3n) is 2.45. The molecular formula is C13H12ClN3O2. The molecule has 0 unspecified atom stereocenters. The van der Waals surface area contributed by atoms with Gasteiger partial charge in [0.2, 0.25) is 5.88 Å². The molecule has 0 saturated carbocycles. The van der Waals surface area contributed by atoms with Gasteiger partial charge in [-0.25, -0.2) is 4.98 Å². The van der Waals surface area contributed by atoms with Crippen molar-refractivity contribution in [3.8, 4) is 11.6 Å². The summed E-state index contributed by atoms with van der Waals surface area (Å²) in [4.78, 5) is 4.06. The molecule has 0 fully saturated rings. The van der Waals surface area contributed by atoms with Gasteiger partial charge in [-0.05, 0) is 36.8 Å². The number of nitrogens with zero attached hydrogens (tertiary/aromatic N) is 2. The van der Waals surface area contributed by atoms with Crippen LogP contribution < -0.4 is 10.5 Å². The van der Waals surface area contributed by atoms with Crippen LogP contribution in [0.5, 0.6) is 11.6 Å². The van der Waals surface area contributed by atoms with Crippen LogP contribution in [0.15, 0.2) is 41.7 Å². The molecule has 0 amide bonds. The van der Waals surface area contributed by atoms with E-state index in [1.807, 2.05) is 13.0 Å². The van der Waals surface area contributed by atoms with E-state index in [0.717, 1.165) is 5.56 Å².